The van der Waals surface area contributed by atoms with Gasteiger partial charge in [-0.1, -0.05) is 0 Å². The molecule has 0 fully saturated rings. The van der Waals surface area contributed by atoms with Crippen LogP contribution in [0.5, 0.6) is 0 Å². The van der Waals surface area contributed by atoms with Crippen LogP contribution in [0.2, 0.25) is 0 Å². The second-order valence-electron chi connectivity index (χ2n) is 2.33. The van der Waals surface area contributed by atoms with Crippen molar-refractivity contribution in [1.29, 1.82) is 5.26 Å². The molecule has 6 heteroatoms. The first-order valence-electron chi connectivity index (χ1n) is 3.44. The summed E-state index contributed by atoms with van der Waals surface area (Å²) in [5, 5.41) is 8.55. The van der Waals surface area contributed by atoms with Gasteiger partial charge in [-0.25, -0.2) is 13.8 Å². The quantitative estimate of drug-likeness (QED) is 0.478. The van der Waals surface area contributed by atoms with Gasteiger partial charge in [-0.05, 0) is 28.7 Å². The summed E-state index contributed by atoms with van der Waals surface area (Å²) in [5.41, 5.74) is -1.17. The average molecular weight is 308 g/mol. The molecular formula is C8H3F2IN2O. The van der Waals surface area contributed by atoms with Crippen LogP contribution in [0.1, 0.15) is 28.0 Å². The van der Waals surface area contributed by atoms with Gasteiger partial charge in [0.1, 0.15) is 9.77 Å². The van der Waals surface area contributed by atoms with Gasteiger partial charge in [0.2, 0.25) is 0 Å². The highest BCUT2D eigenvalue weighted by Gasteiger charge is 2.19. The predicted octanol–water partition coefficient (Wildman–Crippen LogP) is 2.31. The van der Waals surface area contributed by atoms with E-state index >= 15 is 0 Å². The lowest BCUT2D eigenvalue weighted by molar-refractivity contribution is 0.110. The number of nitrogens with zero attached hydrogens (tertiary/aromatic N) is 2. The number of carbonyl (C=O) groups excluding carboxylic acids is 1. The minimum absolute atomic E-state index is 0.184. The van der Waals surface area contributed by atoms with Crippen LogP contribution in [0.4, 0.5) is 8.78 Å². The summed E-state index contributed by atoms with van der Waals surface area (Å²) in [6.07, 6.45) is -2.57. The molecule has 0 bridgehead atoms. The van der Waals surface area contributed by atoms with Crippen molar-refractivity contribution in [3.8, 4) is 6.07 Å². The van der Waals surface area contributed by atoms with E-state index in [1.165, 1.54) is 12.1 Å². The Balaban J connectivity index is 3.50. The molecule has 0 atom stereocenters. The first-order valence-corrected chi connectivity index (χ1v) is 4.52. The Morgan fingerprint density at radius 1 is 1.64 bits per heavy atom. The van der Waals surface area contributed by atoms with Crippen LogP contribution in [0, 0.1) is 15.0 Å². The molecule has 0 saturated heterocycles. The third kappa shape index (κ3) is 2.04. The molecule has 0 aromatic carbocycles. The molecule has 1 aromatic heterocycles. The number of halogens is 3. The second kappa shape index (κ2) is 4.41. The lowest BCUT2D eigenvalue weighted by Crippen LogP contribution is -2.02. The third-order valence-corrected chi connectivity index (χ3v) is 2.06. The molecule has 14 heavy (non-hydrogen) atoms. The highest BCUT2D eigenvalue weighted by Crippen LogP contribution is 2.25. The SMILES string of the molecule is N#Cc1nc(I)cc(C=O)c1C(F)F. The molecule has 3 nitrogen and oxygen atoms in total. The van der Waals surface area contributed by atoms with Crippen molar-refractivity contribution in [2.24, 2.45) is 0 Å². The zero-order chi connectivity index (χ0) is 10.7. The number of hydrogen-bond acceptors (Lipinski definition) is 3. The van der Waals surface area contributed by atoms with Crippen LogP contribution >= 0.6 is 22.6 Å². The maximum atomic E-state index is 12.4. The smallest absolute Gasteiger partial charge is 0.267 e. The molecule has 0 aliphatic carbocycles. The molecule has 1 rings (SSSR count). The first kappa shape index (κ1) is 11.0. The maximum Gasteiger partial charge on any atom is 0.267 e. The minimum atomic E-state index is -2.87. The molecule has 72 valence electrons. The van der Waals surface area contributed by atoms with Gasteiger partial charge in [-0.2, -0.15) is 5.26 Å². The van der Waals surface area contributed by atoms with Gasteiger partial charge >= 0.3 is 0 Å². The number of alkyl halides is 2. The highest BCUT2D eigenvalue weighted by atomic mass is 127. The van der Waals surface area contributed by atoms with Crippen LogP contribution < -0.4 is 0 Å². The second-order valence-corrected chi connectivity index (χ2v) is 3.43. The van der Waals surface area contributed by atoms with Gasteiger partial charge in [0.05, 0.1) is 5.56 Å². The van der Waals surface area contributed by atoms with E-state index in [1.54, 1.807) is 22.6 Å². The standard InChI is InChI=1S/C8H3F2IN2O/c9-8(10)7-4(3-14)1-6(11)13-5(7)2-12/h1,3,8H. The summed E-state index contributed by atoms with van der Waals surface area (Å²) < 4.78 is 25.2. The highest BCUT2D eigenvalue weighted by molar-refractivity contribution is 14.1. The number of aromatic nitrogens is 1. The molecule has 0 saturated carbocycles. The van der Waals surface area contributed by atoms with Crippen molar-refractivity contribution >= 4 is 28.9 Å². The fraction of sp³-hybridized carbons (Fsp3) is 0.125. The van der Waals surface area contributed by atoms with Crippen LogP contribution in [0.25, 0.3) is 0 Å². The third-order valence-electron chi connectivity index (χ3n) is 1.51. The zero-order valence-electron chi connectivity index (χ0n) is 6.67. The fourth-order valence-electron chi connectivity index (χ4n) is 0.954. The van der Waals surface area contributed by atoms with E-state index in [0.717, 1.165) is 0 Å². The van der Waals surface area contributed by atoms with Gasteiger partial charge in [-0.15, -0.1) is 0 Å². The Hall–Kier alpha value is -1.10. The summed E-state index contributed by atoms with van der Waals surface area (Å²) in [6, 6.07) is 2.76. The van der Waals surface area contributed by atoms with Gasteiger partial charge < -0.3 is 0 Å². The summed E-state index contributed by atoms with van der Waals surface area (Å²) in [6.45, 7) is 0. The topological polar surface area (TPSA) is 53.8 Å². The largest absolute Gasteiger partial charge is 0.298 e. The lowest BCUT2D eigenvalue weighted by atomic mass is 10.1. The van der Waals surface area contributed by atoms with Crippen molar-refractivity contribution in [3.05, 3.63) is 26.6 Å². The molecule has 0 N–H and O–H groups in total. The van der Waals surface area contributed by atoms with Crippen molar-refractivity contribution < 1.29 is 13.6 Å². The Kier molecular flexibility index (Phi) is 3.46. The number of pyridine rings is 1. The van der Waals surface area contributed by atoms with E-state index in [0.29, 0.717) is 9.99 Å². The first-order chi connectivity index (χ1) is 6.60. The number of carbonyl (C=O) groups is 1. The number of hydrogen-bond donors (Lipinski definition) is 0. The van der Waals surface area contributed by atoms with E-state index in [2.05, 4.69) is 4.98 Å². The molecule has 0 aliphatic heterocycles. The van der Waals surface area contributed by atoms with Crippen molar-refractivity contribution in [1.82, 2.24) is 4.98 Å². The predicted molar refractivity (Wildman–Crippen MR) is 52.0 cm³/mol. The van der Waals surface area contributed by atoms with E-state index in [-0.39, 0.29) is 5.56 Å². The van der Waals surface area contributed by atoms with Crippen molar-refractivity contribution in [2.75, 3.05) is 0 Å². The number of nitriles is 1. The van der Waals surface area contributed by atoms with E-state index in [9.17, 15) is 13.6 Å². The Labute approximate surface area is 91.9 Å². The van der Waals surface area contributed by atoms with E-state index in [1.807, 2.05) is 0 Å². The Morgan fingerprint density at radius 2 is 2.29 bits per heavy atom. The van der Waals surface area contributed by atoms with Gasteiger partial charge in [-0.3, -0.25) is 4.79 Å². The van der Waals surface area contributed by atoms with Gasteiger partial charge in [0.25, 0.3) is 6.43 Å². The summed E-state index contributed by atoms with van der Waals surface area (Å²) in [7, 11) is 0. The lowest BCUT2D eigenvalue weighted by Gasteiger charge is -2.05. The van der Waals surface area contributed by atoms with Crippen LogP contribution in [0.3, 0.4) is 0 Å². The molecule has 0 aliphatic rings. The molecule has 0 spiro atoms. The number of rotatable bonds is 2. The van der Waals surface area contributed by atoms with Crippen LogP contribution in [-0.4, -0.2) is 11.3 Å². The van der Waals surface area contributed by atoms with Gasteiger partial charge in [0.15, 0.2) is 12.0 Å². The van der Waals surface area contributed by atoms with Crippen molar-refractivity contribution in [3.63, 3.8) is 0 Å². The Morgan fingerprint density at radius 3 is 2.71 bits per heavy atom. The fourth-order valence-corrected chi connectivity index (χ4v) is 1.53. The maximum absolute atomic E-state index is 12.4. The number of aldehydes is 1. The Bertz CT molecular complexity index is 415. The molecule has 0 amide bonds. The molecule has 0 unspecified atom stereocenters. The molecular weight excluding hydrogens is 305 g/mol. The normalized spacial score (nSPS) is 9.93. The van der Waals surface area contributed by atoms with E-state index in [4.69, 9.17) is 5.26 Å². The monoisotopic (exact) mass is 308 g/mol. The molecule has 0 radical (unpaired) electrons. The average Bonchev–Trinajstić information content (AvgIpc) is 2.15. The summed E-state index contributed by atoms with van der Waals surface area (Å²) >= 11 is 1.75. The summed E-state index contributed by atoms with van der Waals surface area (Å²) in [5.74, 6) is 0. The van der Waals surface area contributed by atoms with Gasteiger partial charge in [0, 0.05) is 5.56 Å². The van der Waals surface area contributed by atoms with Crippen LogP contribution in [-0.2, 0) is 0 Å². The minimum Gasteiger partial charge on any atom is -0.298 e. The summed E-state index contributed by atoms with van der Waals surface area (Å²) in [4.78, 5) is 14.1. The molecule has 1 aromatic rings. The van der Waals surface area contributed by atoms with Crippen LogP contribution in [0.15, 0.2) is 6.07 Å². The van der Waals surface area contributed by atoms with E-state index < -0.39 is 17.7 Å². The zero-order valence-corrected chi connectivity index (χ0v) is 8.83. The van der Waals surface area contributed by atoms with Crippen molar-refractivity contribution in [2.45, 2.75) is 6.43 Å². The molecule has 1 heterocycles.